The molecule has 0 amide bonds. The van der Waals surface area contributed by atoms with Crippen molar-refractivity contribution >= 4 is 128 Å². The molecule has 9 rings (SSSR count). The first-order valence-electron chi connectivity index (χ1n) is 17.6. The molecule has 0 spiro atoms. The lowest BCUT2D eigenvalue weighted by Gasteiger charge is -2.22. The van der Waals surface area contributed by atoms with Gasteiger partial charge in [-0.05, 0) is 80.8 Å². The Labute approximate surface area is 328 Å². The maximum absolute atomic E-state index is 14.1. The van der Waals surface area contributed by atoms with E-state index < -0.39 is 0 Å². The molecule has 2 aromatic heterocycles. The van der Waals surface area contributed by atoms with E-state index in [1.165, 1.54) is 18.1 Å². The van der Waals surface area contributed by atoms with Crippen LogP contribution in [-0.2, 0) is 0 Å². The van der Waals surface area contributed by atoms with E-state index in [9.17, 15) is 9.59 Å². The molecule has 0 N–H and O–H groups in total. The molecule has 9 aromatic rings. The molecule has 4 nitrogen and oxygen atoms in total. The second-order valence-corrected chi connectivity index (χ2v) is 14.2. The number of aromatic nitrogens is 2. The number of benzene rings is 7. The van der Waals surface area contributed by atoms with Crippen LogP contribution in [0.25, 0.3) is 76.1 Å². The fraction of sp³-hybridized carbons (Fsp3) is 0.178. The van der Waals surface area contributed by atoms with Crippen LogP contribution in [0.15, 0.2) is 84.2 Å². The van der Waals surface area contributed by atoms with E-state index in [2.05, 4.69) is 44.7 Å². The molecule has 0 bridgehead atoms. The summed E-state index contributed by atoms with van der Waals surface area (Å²) in [5.41, 5.74) is 6.33. The Morgan fingerprint density at radius 2 is 1.06 bits per heavy atom. The molecule has 0 aliphatic rings. The van der Waals surface area contributed by atoms with E-state index in [4.69, 9.17) is 51.4 Å². The Morgan fingerprint density at radius 1 is 0.604 bits per heavy atom. The summed E-state index contributed by atoms with van der Waals surface area (Å²) in [6.07, 6.45) is 0. The van der Waals surface area contributed by atoms with Gasteiger partial charge in [-0.1, -0.05) is 123 Å². The molecule has 7 aromatic carbocycles. The summed E-state index contributed by atoms with van der Waals surface area (Å²) in [5.74, 6) is -0.146. The number of carbonyl (C=O) groups excluding carboxylic acids is 1. The maximum Gasteiger partial charge on any atom is 0.264 e. The summed E-state index contributed by atoms with van der Waals surface area (Å²) >= 11 is 28.3. The Morgan fingerprint density at radius 3 is 1.57 bits per heavy atom. The third-order valence-electron chi connectivity index (χ3n) is 9.62. The number of carbonyl (C=O) groups is 1. The molecule has 0 aliphatic carbocycles. The first kappa shape index (κ1) is 38.3. The molecule has 0 unspecified atom stereocenters. The van der Waals surface area contributed by atoms with Gasteiger partial charge in [0.25, 0.3) is 5.56 Å². The van der Waals surface area contributed by atoms with Gasteiger partial charge < -0.3 is 0 Å². The minimum absolute atomic E-state index is 0.146. The molecule has 8 heteroatoms. The minimum atomic E-state index is -0.236. The monoisotopic (exact) mass is 778 g/mol. The summed E-state index contributed by atoms with van der Waals surface area (Å²) in [5, 5.41) is 7.93. The third-order valence-corrected chi connectivity index (χ3v) is 10.8. The average molecular weight is 781 g/mol. The average Bonchev–Trinajstić information content (AvgIpc) is 3.54. The predicted octanol–water partition coefficient (Wildman–Crippen LogP) is 14.7. The smallest absolute Gasteiger partial charge is 0.264 e. The number of hydrogen-bond donors (Lipinski definition) is 0. The number of allylic oxidation sites excluding steroid dienone is 1. The van der Waals surface area contributed by atoms with Gasteiger partial charge in [-0.3, -0.25) is 14.0 Å². The molecular weight excluding hydrogens is 742 g/mol. The zero-order chi connectivity index (χ0) is 38.6. The topological polar surface area (TPSA) is 51.4 Å². The number of fused-ring (bicyclic) bond motifs is 6. The van der Waals surface area contributed by atoms with Gasteiger partial charge in [-0.2, -0.15) is 0 Å². The lowest BCUT2D eigenvalue weighted by molar-refractivity contribution is 0.101. The van der Waals surface area contributed by atoms with Crippen molar-refractivity contribution in [1.82, 2.24) is 9.38 Å². The maximum atomic E-state index is 14.1. The quantitative estimate of drug-likeness (QED) is 0.0997. The number of rotatable bonds is 2. The summed E-state index contributed by atoms with van der Waals surface area (Å²) in [7, 11) is 0. The van der Waals surface area contributed by atoms with E-state index in [1.807, 2.05) is 71.0 Å². The van der Waals surface area contributed by atoms with E-state index in [0.717, 1.165) is 11.1 Å². The largest absolute Gasteiger partial charge is 0.294 e. The van der Waals surface area contributed by atoms with E-state index in [0.29, 0.717) is 96.2 Å². The summed E-state index contributed by atoms with van der Waals surface area (Å²) in [6, 6.07) is 22.9. The van der Waals surface area contributed by atoms with Crippen LogP contribution in [0.1, 0.15) is 68.6 Å². The number of ketones is 1. The highest BCUT2D eigenvalue weighted by Crippen LogP contribution is 2.53. The van der Waals surface area contributed by atoms with Crippen LogP contribution in [0.5, 0.6) is 0 Å². The minimum Gasteiger partial charge on any atom is -0.294 e. The van der Waals surface area contributed by atoms with Gasteiger partial charge in [-0.15, -0.1) is 0 Å². The van der Waals surface area contributed by atoms with Gasteiger partial charge in [0, 0.05) is 74.1 Å². The summed E-state index contributed by atoms with van der Waals surface area (Å²) < 4.78 is 1.61. The molecule has 2 heterocycles. The highest BCUT2D eigenvalue weighted by atomic mass is 35.5. The zero-order valence-corrected chi connectivity index (χ0v) is 33.9. The molecule has 0 aliphatic heterocycles. The molecule has 268 valence electrons. The Balaban J connectivity index is 0.000000349. The molecule has 0 saturated carbocycles. The molecule has 0 atom stereocenters. The highest BCUT2D eigenvalue weighted by Gasteiger charge is 2.28. The van der Waals surface area contributed by atoms with E-state index >= 15 is 0 Å². The van der Waals surface area contributed by atoms with Gasteiger partial charge >= 0.3 is 0 Å². The lowest BCUT2D eigenvalue weighted by atomic mass is 9.83. The number of aryl methyl sites for hydroxylation is 2. The van der Waals surface area contributed by atoms with Gasteiger partial charge in [0.1, 0.15) is 5.65 Å². The van der Waals surface area contributed by atoms with Gasteiger partial charge in [0.05, 0.1) is 16.4 Å². The van der Waals surface area contributed by atoms with Gasteiger partial charge in [-0.25, -0.2) is 4.98 Å². The standard InChI is InChI=1S/C33H16Cl4N2O2.C8H10.2C2H6/c1-12(2)14-8-18(34)26-29-21(37)11-17-25-16(32-38-22-6-4-5-7-23(22)39(32)33(17)41)10-20(36)28(31(25)29)27-19(35)9-15(13(3)40)24(14)30(26)27;1-7-5-3-4-6-8(7)2;2*1-2/h4-11H,1H2,2-3H3;3-6H,1-2H3;2*1-2H3. The van der Waals surface area contributed by atoms with Crippen LogP contribution >= 0.6 is 46.4 Å². The van der Waals surface area contributed by atoms with Crippen LogP contribution in [0.3, 0.4) is 0 Å². The second-order valence-electron chi connectivity index (χ2n) is 12.6. The van der Waals surface area contributed by atoms with Crippen molar-refractivity contribution in [1.29, 1.82) is 0 Å². The highest BCUT2D eigenvalue weighted by molar-refractivity contribution is 6.55. The third kappa shape index (κ3) is 5.88. The predicted molar refractivity (Wildman–Crippen MR) is 232 cm³/mol. The van der Waals surface area contributed by atoms with E-state index in [1.54, 1.807) is 16.5 Å². The molecular formula is C45H38Cl4N2O2. The normalized spacial score (nSPS) is 11.2. The van der Waals surface area contributed by atoms with Crippen molar-refractivity contribution in [2.24, 2.45) is 0 Å². The second kappa shape index (κ2) is 14.8. The van der Waals surface area contributed by atoms with Crippen LogP contribution in [-0.4, -0.2) is 15.2 Å². The molecule has 0 radical (unpaired) electrons. The van der Waals surface area contributed by atoms with Crippen molar-refractivity contribution in [2.75, 3.05) is 0 Å². The zero-order valence-electron chi connectivity index (χ0n) is 30.9. The Hall–Kier alpha value is -4.45. The number of para-hydroxylation sites is 2. The number of hydrogen-bond acceptors (Lipinski definition) is 3. The molecule has 0 saturated heterocycles. The SMILES string of the molecule is C=C(C)c1cc(Cl)c2c3c(Cl)cc4c(=O)n5c6ccccc6nc5c5cc(Cl)c(c6c(Cl)cc(C(C)=O)c1c26)c3c45.CC.CC.Cc1ccccc1C. The number of Topliss-reactive ketones (excluding diaryl/α,β-unsaturated/α-hetero) is 1. The van der Waals surface area contributed by atoms with E-state index in [-0.39, 0.29) is 11.3 Å². The first-order chi connectivity index (χ1) is 25.4. The summed E-state index contributed by atoms with van der Waals surface area (Å²) in [4.78, 5) is 31.8. The molecule has 0 fully saturated rings. The summed E-state index contributed by atoms with van der Waals surface area (Å²) in [6.45, 7) is 19.8. The van der Waals surface area contributed by atoms with Crippen molar-refractivity contribution in [3.8, 4) is 0 Å². The van der Waals surface area contributed by atoms with Crippen LogP contribution in [0, 0.1) is 13.8 Å². The van der Waals surface area contributed by atoms with Crippen LogP contribution in [0.4, 0.5) is 0 Å². The fourth-order valence-electron chi connectivity index (χ4n) is 7.27. The molecule has 53 heavy (non-hydrogen) atoms. The van der Waals surface area contributed by atoms with Crippen LogP contribution in [0.2, 0.25) is 20.1 Å². The first-order valence-corrected chi connectivity index (χ1v) is 19.1. The van der Waals surface area contributed by atoms with Crippen LogP contribution < -0.4 is 5.56 Å². The fourth-order valence-corrected chi connectivity index (χ4v) is 8.47. The number of nitrogens with zero attached hydrogens (tertiary/aromatic N) is 2. The number of pyridine rings is 1. The Kier molecular flexibility index (Phi) is 10.7. The van der Waals surface area contributed by atoms with Crippen molar-refractivity contribution in [3.63, 3.8) is 0 Å². The Bertz CT molecular complexity index is 2890. The van der Waals surface area contributed by atoms with Crippen molar-refractivity contribution in [3.05, 3.63) is 132 Å². The number of halogens is 4. The van der Waals surface area contributed by atoms with Gasteiger partial charge in [0.15, 0.2) is 5.78 Å². The van der Waals surface area contributed by atoms with Crippen molar-refractivity contribution in [2.45, 2.75) is 55.4 Å². The van der Waals surface area contributed by atoms with Gasteiger partial charge in [0.2, 0.25) is 0 Å². The van der Waals surface area contributed by atoms with Crippen molar-refractivity contribution < 1.29 is 4.79 Å². The number of imidazole rings is 1. The lowest BCUT2D eigenvalue weighted by Crippen LogP contribution is -2.13.